The smallest absolute Gasteiger partial charge is 0.225 e. The van der Waals surface area contributed by atoms with Crippen LogP contribution in [0.25, 0.3) is 0 Å². The molecule has 1 amide bonds. The zero-order chi connectivity index (χ0) is 22.3. The maximum absolute atomic E-state index is 12.7. The SMILES string of the molecule is COc1ccc(CCNC(=O)C2CN(C(c3ccccc3)c3ccccc3)C2)cc1OC. The molecule has 1 heterocycles. The minimum atomic E-state index is 0.0235. The van der Waals surface area contributed by atoms with E-state index in [1.54, 1.807) is 14.2 Å². The number of hydrogen-bond donors (Lipinski definition) is 1. The Morgan fingerprint density at radius 2 is 1.50 bits per heavy atom. The van der Waals surface area contributed by atoms with Crippen LogP contribution in [0.3, 0.4) is 0 Å². The fourth-order valence-corrected chi connectivity index (χ4v) is 4.28. The predicted molar refractivity (Wildman–Crippen MR) is 126 cm³/mol. The van der Waals surface area contributed by atoms with Crippen molar-refractivity contribution in [2.75, 3.05) is 33.9 Å². The van der Waals surface area contributed by atoms with Gasteiger partial charge in [-0.3, -0.25) is 9.69 Å². The Bertz CT molecular complexity index is 978. The van der Waals surface area contributed by atoms with E-state index >= 15 is 0 Å². The molecule has 0 aliphatic carbocycles. The van der Waals surface area contributed by atoms with Crippen molar-refractivity contribution in [3.63, 3.8) is 0 Å². The van der Waals surface area contributed by atoms with Gasteiger partial charge >= 0.3 is 0 Å². The topological polar surface area (TPSA) is 50.8 Å². The minimum Gasteiger partial charge on any atom is -0.493 e. The lowest BCUT2D eigenvalue weighted by atomic mass is 9.90. The summed E-state index contributed by atoms with van der Waals surface area (Å²) in [4.78, 5) is 15.1. The first kappa shape index (κ1) is 21.9. The largest absolute Gasteiger partial charge is 0.493 e. The molecule has 0 spiro atoms. The van der Waals surface area contributed by atoms with E-state index in [1.807, 2.05) is 30.3 Å². The van der Waals surface area contributed by atoms with Gasteiger partial charge in [0.05, 0.1) is 26.2 Å². The first-order valence-electron chi connectivity index (χ1n) is 11.0. The second kappa shape index (κ2) is 10.3. The molecule has 1 aliphatic rings. The lowest BCUT2D eigenvalue weighted by Gasteiger charge is -2.44. The van der Waals surface area contributed by atoms with E-state index in [0.717, 1.165) is 25.1 Å². The Kier molecular flexibility index (Phi) is 7.07. The highest BCUT2D eigenvalue weighted by atomic mass is 16.5. The Morgan fingerprint density at radius 3 is 2.06 bits per heavy atom. The average molecular weight is 431 g/mol. The van der Waals surface area contributed by atoms with Gasteiger partial charge in [-0.05, 0) is 35.2 Å². The third-order valence-electron chi connectivity index (χ3n) is 6.04. The number of nitrogens with zero attached hydrogens (tertiary/aromatic N) is 1. The van der Waals surface area contributed by atoms with Crippen LogP contribution in [0.15, 0.2) is 78.9 Å². The third kappa shape index (κ3) is 4.94. The number of benzene rings is 3. The van der Waals surface area contributed by atoms with Gasteiger partial charge < -0.3 is 14.8 Å². The van der Waals surface area contributed by atoms with Crippen LogP contribution < -0.4 is 14.8 Å². The first-order chi connectivity index (χ1) is 15.7. The van der Waals surface area contributed by atoms with Gasteiger partial charge in [0, 0.05) is 19.6 Å². The number of amides is 1. The molecule has 0 bridgehead atoms. The Hall–Kier alpha value is -3.31. The quantitative estimate of drug-likeness (QED) is 0.556. The zero-order valence-electron chi connectivity index (χ0n) is 18.7. The molecular formula is C27H30N2O3. The molecule has 0 saturated carbocycles. The highest BCUT2D eigenvalue weighted by molar-refractivity contribution is 5.80. The number of likely N-dealkylation sites (tertiary alicyclic amines) is 1. The maximum Gasteiger partial charge on any atom is 0.225 e. The molecule has 0 aromatic heterocycles. The van der Waals surface area contributed by atoms with E-state index in [0.29, 0.717) is 18.0 Å². The number of carbonyl (C=O) groups excluding carboxylic acids is 1. The monoisotopic (exact) mass is 430 g/mol. The van der Waals surface area contributed by atoms with Crippen molar-refractivity contribution in [3.8, 4) is 11.5 Å². The molecule has 166 valence electrons. The molecule has 1 N–H and O–H groups in total. The standard InChI is InChI=1S/C27H30N2O3/c1-31-24-14-13-20(17-25(24)32-2)15-16-28-27(30)23-18-29(19-23)26(21-9-5-3-6-10-21)22-11-7-4-8-12-22/h3-14,17,23,26H,15-16,18-19H2,1-2H3,(H,28,30). The van der Waals surface area contributed by atoms with Crippen LogP contribution in [0.5, 0.6) is 11.5 Å². The van der Waals surface area contributed by atoms with Crippen LogP contribution in [0, 0.1) is 5.92 Å². The lowest BCUT2D eigenvalue weighted by molar-refractivity contribution is -0.131. The van der Waals surface area contributed by atoms with E-state index in [9.17, 15) is 4.79 Å². The van der Waals surface area contributed by atoms with Gasteiger partial charge in [-0.15, -0.1) is 0 Å². The molecule has 1 fully saturated rings. The fraction of sp³-hybridized carbons (Fsp3) is 0.296. The summed E-state index contributed by atoms with van der Waals surface area (Å²) in [6, 6.07) is 27.0. The first-order valence-corrected chi connectivity index (χ1v) is 11.0. The molecular weight excluding hydrogens is 400 g/mol. The van der Waals surface area contributed by atoms with E-state index in [1.165, 1.54) is 11.1 Å². The van der Waals surface area contributed by atoms with Crippen LogP contribution >= 0.6 is 0 Å². The van der Waals surface area contributed by atoms with Crippen LogP contribution in [0.2, 0.25) is 0 Å². The van der Waals surface area contributed by atoms with Crippen molar-refractivity contribution in [2.45, 2.75) is 12.5 Å². The summed E-state index contributed by atoms with van der Waals surface area (Å²) in [6.45, 7) is 2.12. The summed E-state index contributed by atoms with van der Waals surface area (Å²) in [5.74, 6) is 1.57. The maximum atomic E-state index is 12.7. The molecule has 1 aliphatic heterocycles. The molecule has 1 saturated heterocycles. The summed E-state index contributed by atoms with van der Waals surface area (Å²) in [6.07, 6.45) is 0.749. The Labute approximate surface area is 190 Å². The van der Waals surface area contributed by atoms with Crippen LogP contribution in [-0.4, -0.2) is 44.7 Å². The molecule has 0 unspecified atom stereocenters. The molecule has 32 heavy (non-hydrogen) atoms. The summed E-state index contributed by atoms with van der Waals surface area (Å²) in [5, 5.41) is 3.10. The normalized spacial score (nSPS) is 14.1. The second-order valence-corrected chi connectivity index (χ2v) is 8.11. The average Bonchev–Trinajstić information content (AvgIpc) is 2.82. The molecule has 4 rings (SSSR count). The summed E-state index contributed by atoms with van der Waals surface area (Å²) < 4.78 is 10.6. The highest BCUT2D eigenvalue weighted by Gasteiger charge is 2.37. The van der Waals surface area contributed by atoms with Crippen LogP contribution in [0.4, 0.5) is 0 Å². The summed E-state index contributed by atoms with van der Waals surface area (Å²) in [5.41, 5.74) is 3.61. The van der Waals surface area contributed by atoms with Gasteiger partial charge in [0.15, 0.2) is 11.5 Å². The predicted octanol–water partition coefficient (Wildman–Crippen LogP) is 4.08. The number of nitrogens with one attached hydrogen (secondary N) is 1. The van der Waals surface area contributed by atoms with Gasteiger partial charge in [-0.2, -0.15) is 0 Å². The van der Waals surface area contributed by atoms with Crippen molar-refractivity contribution in [3.05, 3.63) is 95.6 Å². The van der Waals surface area contributed by atoms with Gasteiger partial charge in [-0.25, -0.2) is 0 Å². The van der Waals surface area contributed by atoms with Crippen LogP contribution in [0.1, 0.15) is 22.7 Å². The van der Waals surface area contributed by atoms with Gasteiger partial charge in [-0.1, -0.05) is 66.7 Å². The minimum absolute atomic E-state index is 0.0235. The number of rotatable bonds is 9. The van der Waals surface area contributed by atoms with Crippen LogP contribution in [-0.2, 0) is 11.2 Å². The third-order valence-corrected chi connectivity index (χ3v) is 6.04. The van der Waals surface area contributed by atoms with E-state index in [-0.39, 0.29) is 17.9 Å². The molecule has 5 nitrogen and oxygen atoms in total. The van der Waals surface area contributed by atoms with Crippen molar-refractivity contribution < 1.29 is 14.3 Å². The second-order valence-electron chi connectivity index (χ2n) is 8.11. The van der Waals surface area contributed by atoms with Crippen molar-refractivity contribution in [1.29, 1.82) is 0 Å². The zero-order valence-corrected chi connectivity index (χ0v) is 18.7. The Morgan fingerprint density at radius 1 is 0.906 bits per heavy atom. The van der Waals surface area contributed by atoms with Crippen molar-refractivity contribution >= 4 is 5.91 Å². The van der Waals surface area contributed by atoms with Gasteiger partial charge in [0.1, 0.15) is 0 Å². The van der Waals surface area contributed by atoms with Crippen molar-refractivity contribution in [2.24, 2.45) is 5.92 Å². The lowest BCUT2D eigenvalue weighted by Crippen LogP contribution is -2.55. The molecule has 3 aromatic rings. The number of ether oxygens (including phenoxy) is 2. The van der Waals surface area contributed by atoms with E-state index in [2.05, 4.69) is 58.7 Å². The number of carbonyl (C=O) groups is 1. The molecule has 0 atom stereocenters. The van der Waals surface area contributed by atoms with Gasteiger partial charge in [0.2, 0.25) is 5.91 Å². The molecule has 0 radical (unpaired) electrons. The molecule has 5 heteroatoms. The fourth-order valence-electron chi connectivity index (χ4n) is 4.28. The summed E-state index contributed by atoms with van der Waals surface area (Å²) >= 11 is 0. The van der Waals surface area contributed by atoms with Crippen molar-refractivity contribution in [1.82, 2.24) is 10.2 Å². The number of hydrogen-bond acceptors (Lipinski definition) is 4. The molecule has 3 aromatic carbocycles. The van der Waals surface area contributed by atoms with E-state index in [4.69, 9.17) is 9.47 Å². The highest BCUT2D eigenvalue weighted by Crippen LogP contribution is 2.34. The summed E-state index contributed by atoms with van der Waals surface area (Å²) in [7, 11) is 3.25. The number of methoxy groups -OCH3 is 2. The van der Waals surface area contributed by atoms with Gasteiger partial charge in [0.25, 0.3) is 0 Å². The van der Waals surface area contributed by atoms with E-state index < -0.39 is 0 Å². The Balaban J connectivity index is 1.32.